The van der Waals surface area contributed by atoms with E-state index in [1.807, 2.05) is 7.05 Å². The van der Waals surface area contributed by atoms with E-state index in [-0.39, 0.29) is 5.56 Å². The Morgan fingerprint density at radius 3 is 2.30 bits per heavy atom. The molecule has 0 bridgehead atoms. The number of aromatic hydroxyl groups is 3. The Morgan fingerprint density at radius 1 is 1.20 bits per heavy atom. The third-order valence-corrected chi connectivity index (χ3v) is 3.21. The summed E-state index contributed by atoms with van der Waals surface area (Å²) in [7, 11) is 2.03. The summed E-state index contributed by atoms with van der Waals surface area (Å²) in [5, 5.41) is 31.9. The maximum absolute atomic E-state index is 11.8. The summed E-state index contributed by atoms with van der Waals surface area (Å²) in [6.07, 6.45) is 1.59. The molecule has 7 heteroatoms. The standard InChI is InChI=1S/C13H17N3O4/c1-16-4-2-9(3-5-16)14-15-13(20)8-6-10(17)12(19)11(18)7-8/h6-7,17-19H,2-5H2,1H3,(H,15,20). The van der Waals surface area contributed by atoms with Crippen molar-refractivity contribution in [3.8, 4) is 17.2 Å². The summed E-state index contributed by atoms with van der Waals surface area (Å²) < 4.78 is 0. The van der Waals surface area contributed by atoms with E-state index in [0.717, 1.165) is 43.8 Å². The van der Waals surface area contributed by atoms with Gasteiger partial charge in [0, 0.05) is 37.2 Å². The van der Waals surface area contributed by atoms with Crippen molar-refractivity contribution in [2.45, 2.75) is 12.8 Å². The fraction of sp³-hybridized carbons (Fsp3) is 0.385. The van der Waals surface area contributed by atoms with Crippen LogP contribution in [0.25, 0.3) is 0 Å². The molecule has 0 saturated carbocycles. The highest BCUT2D eigenvalue weighted by Gasteiger charge is 2.14. The van der Waals surface area contributed by atoms with Crippen LogP contribution in [0.15, 0.2) is 17.2 Å². The number of nitrogens with zero attached hydrogens (tertiary/aromatic N) is 2. The molecule has 1 aliphatic rings. The van der Waals surface area contributed by atoms with Crippen molar-refractivity contribution in [1.29, 1.82) is 0 Å². The molecule has 0 atom stereocenters. The fourth-order valence-electron chi connectivity index (χ4n) is 1.92. The third kappa shape index (κ3) is 3.18. The van der Waals surface area contributed by atoms with E-state index in [1.165, 1.54) is 0 Å². The van der Waals surface area contributed by atoms with Crippen molar-refractivity contribution in [3.63, 3.8) is 0 Å². The van der Waals surface area contributed by atoms with E-state index in [4.69, 9.17) is 0 Å². The number of carbonyl (C=O) groups excluding carboxylic acids is 1. The molecule has 1 aromatic carbocycles. The second-order valence-electron chi connectivity index (χ2n) is 4.79. The first kappa shape index (κ1) is 14.1. The van der Waals surface area contributed by atoms with Gasteiger partial charge in [0.05, 0.1) is 0 Å². The topological polar surface area (TPSA) is 105 Å². The quantitative estimate of drug-likeness (QED) is 0.469. The molecule has 108 valence electrons. The molecule has 0 aromatic heterocycles. The van der Waals surface area contributed by atoms with Gasteiger partial charge in [-0.05, 0) is 19.2 Å². The zero-order chi connectivity index (χ0) is 14.7. The lowest BCUT2D eigenvalue weighted by Crippen LogP contribution is -2.32. The molecule has 1 fully saturated rings. The SMILES string of the molecule is CN1CCC(=NNC(=O)c2cc(O)c(O)c(O)c2)CC1. The van der Waals surface area contributed by atoms with E-state index < -0.39 is 23.2 Å². The van der Waals surface area contributed by atoms with Crippen molar-refractivity contribution in [1.82, 2.24) is 10.3 Å². The maximum atomic E-state index is 11.8. The number of phenolic OH excluding ortho intramolecular Hbond substituents is 3. The van der Waals surface area contributed by atoms with Gasteiger partial charge < -0.3 is 20.2 Å². The minimum absolute atomic E-state index is 0.0232. The predicted octanol–water partition coefficient (Wildman–Crippen LogP) is 0.615. The third-order valence-electron chi connectivity index (χ3n) is 3.21. The number of likely N-dealkylation sites (tertiary alicyclic amines) is 1. The van der Waals surface area contributed by atoms with Crippen LogP contribution < -0.4 is 5.43 Å². The van der Waals surface area contributed by atoms with Crippen LogP contribution in [0.5, 0.6) is 17.2 Å². The fourth-order valence-corrected chi connectivity index (χ4v) is 1.92. The second-order valence-corrected chi connectivity index (χ2v) is 4.79. The van der Waals surface area contributed by atoms with Gasteiger partial charge in [-0.15, -0.1) is 0 Å². The Bertz CT molecular complexity index is 524. The number of hydrazone groups is 1. The summed E-state index contributed by atoms with van der Waals surface area (Å²) in [6.45, 7) is 1.80. The predicted molar refractivity (Wildman–Crippen MR) is 73.1 cm³/mol. The number of amides is 1. The number of nitrogens with one attached hydrogen (secondary N) is 1. The summed E-state index contributed by atoms with van der Waals surface area (Å²) in [5.41, 5.74) is 3.31. The molecular weight excluding hydrogens is 262 g/mol. The van der Waals surface area contributed by atoms with Crippen LogP contribution in [0, 0.1) is 0 Å². The van der Waals surface area contributed by atoms with E-state index in [9.17, 15) is 20.1 Å². The lowest BCUT2D eigenvalue weighted by molar-refractivity contribution is 0.0953. The Kier molecular flexibility index (Phi) is 4.09. The molecule has 1 aliphatic heterocycles. The van der Waals surface area contributed by atoms with E-state index in [1.54, 1.807) is 0 Å². The maximum Gasteiger partial charge on any atom is 0.271 e. The van der Waals surface area contributed by atoms with Gasteiger partial charge in [-0.25, -0.2) is 5.43 Å². The number of benzene rings is 1. The molecule has 1 saturated heterocycles. The molecule has 4 N–H and O–H groups in total. The largest absolute Gasteiger partial charge is 0.504 e. The molecule has 0 radical (unpaired) electrons. The summed E-state index contributed by atoms with van der Waals surface area (Å²) in [5.74, 6) is -2.31. The minimum atomic E-state index is -0.650. The molecule has 1 amide bonds. The van der Waals surface area contributed by atoms with Crippen LogP contribution in [0.3, 0.4) is 0 Å². The van der Waals surface area contributed by atoms with E-state index in [0.29, 0.717) is 0 Å². The molecule has 1 aromatic rings. The molecule has 1 heterocycles. The average molecular weight is 279 g/mol. The molecule has 7 nitrogen and oxygen atoms in total. The summed E-state index contributed by atoms with van der Waals surface area (Å²) >= 11 is 0. The number of rotatable bonds is 2. The zero-order valence-corrected chi connectivity index (χ0v) is 11.1. The monoisotopic (exact) mass is 279 g/mol. The highest BCUT2D eigenvalue weighted by atomic mass is 16.3. The van der Waals surface area contributed by atoms with Crippen LogP contribution in [-0.4, -0.2) is 52.0 Å². The van der Waals surface area contributed by atoms with Crippen LogP contribution in [0.2, 0.25) is 0 Å². The summed E-state index contributed by atoms with van der Waals surface area (Å²) in [6, 6.07) is 2.14. The minimum Gasteiger partial charge on any atom is -0.504 e. The van der Waals surface area contributed by atoms with Gasteiger partial charge in [-0.1, -0.05) is 0 Å². The number of piperidine rings is 1. The molecule has 20 heavy (non-hydrogen) atoms. The zero-order valence-electron chi connectivity index (χ0n) is 11.1. The van der Waals surface area contributed by atoms with Gasteiger partial charge in [0.2, 0.25) is 0 Å². The van der Waals surface area contributed by atoms with E-state index >= 15 is 0 Å². The molecule has 2 rings (SSSR count). The van der Waals surface area contributed by atoms with Crippen molar-refractivity contribution < 1.29 is 20.1 Å². The van der Waals surface area contributed by atoms with Crippen molar-refractivity contribution in [2.24, 2.45) is 5.10 Å². The lowest BCUT2D eigenvalue weighted by atomic mass is 10.1. The number of hydrogen-bond donors (Lipinski definition) is 4. The normalized spacial score (nSPS) is 15.9. The summed E-state index contributed by atoms with van der Waals surface area (Å²) in [4.78, 5) is 14.0. The number of hydrogen-bond acceptors (Lipinski definition) is 6. The first-order valence-electron chi connectivity index (χ1n) is 6.26. The van der Waals surface area contributed by atoms with Gasteiger partial charge in [-0.2, -0.15) is 5.10 Å². The van der Waals surface area contributed by atoms with Gasteiger partial charge >= 0.3 is 0 Å². The first-order chi connectivity index (χ1) is 9.47. The molecular formula is C13H17N3O4. The van der Waals surface area contributed by atoms with Crippen molar-refractivity contribution >= 4 is 11.6 Å². The Morgan fingerprint density at radius 2 is 1.75 bits per heavy atom. The van der Waals surface area contributed by atoms with Gasteiger partial charge in [0.1, 0.15) is 0 Å². The van der Waals surface area contributed by atoms with Crippen molar-refractivity contribution in [2.75, 3.05) is 20.1 Å². The highest BCUT2D eigenvalue weighted by Crippen LogP contribution is 2.35. The van der Waals surface area contributed by atoms with Crippen molar-refractivity contribution in [3.05, 3.63) is 17.7 Å². The second kappa shape index (κ2) is 5.79. The Balaban J connectivity index is 2.04. The van der Waals surface area contributed by atoms with Gasteiger partial charge in [0.15, 0.2) is 17.2 Å². The van der Waals surface area contributed by atoms with Gasteiger partial charge in [-0.3, -0.25) is 4.79 Å². The molecule has 0 spiro atoms. The Labute approximate surface area is 116 Å². The Hall–Kier alpha value is -2.28. The average Bonchev–Trinajstić information content (AvgIpc) is 2.43. The number of phenols is 3. The van der Waals surface area contributed by atoms with Crippen LogP contribution in [-0.2, 0) is 0 Å². The van der Waals surface area contributed by atoms with Crippen LogP contribution >= 0.6 is 0 Å². The first-order valence-corrected chi connectivity index (χ1v) is 6.26. The molecule has 0 unspecified atom stereocenters. The lowest BCUT2D eigenvalue weighted by Gasteiger charge is -2.22. The number of carbonyl (C=O) groups is 1. The van der Waals surface area contributed by atoms with Crippen LogP contribution in [0.4, 0.5) is 0 Å². The van der Waals surface area contributed by atoms with E-state index in [2.05, 4.69) is 15.4 Å². The van der Waals surface area contributed by atoms with Gasteiger partial charge in [0.25, 0.3) is 5.91 Å². The van der Waals surface area contributed by atoms with Crippen LogP contribution in [0.1, 0.15) is 23.2 Å². The highest BCUT2D eigenvalue weighted by molar-refractivity contribution is 5.96. The smallest absolute Gasteiger partial charge is 0.271 e. The molecule has 0 aliphatic carbocycles.